The molecule has 0 fully saturated rings. The fourth-order valence-corrected chi connectivity index (χ4v) is 3.90. The topological polar surface area (TPSA) is 27.1 Å². The molecule has 0 radical (unpaired) electrons. The van der Waals surface area contributed by atoms with Crippen LogP contribution in [0, 0.1) is 13.8 Å². The minimum absolute atomic E-state index is 0.746. The summed E-state index contributed by atoms with van der Waals surface area (Å²) in [6.07, 6.45) is 4.07. The molecule has 30 heavy (non-hydrogen) atoms. The molecule has 0 aliphatic rings. The van der Waals surface area contributed by atoms with Crippen molar-refractivity contribution in [1.82, 2.24) is 9.55 Å². The van der Waals surface area contributed by atoms with Gasteiger partial charge >= 0.3 is 0 Å². The third-order valence-electron chi connectivity index (χ3n) is 5.80. The zero-order valence-electron chi connectivity index (χ0n) is 18.0. The molecule has 154 valence electrons. The van der Waals surface area contributed by atoms with Crippen molar-refractivity contribution in [3.8, 4) is 5.75 Å². The maximum atomic E-state index is 6.04. The van der Waals surface area contributed by atoms with Crippen LogP contribution in [-0.4, -0.2) is 16.2 Å². The number of hydrogen-bond acceptors (Lipinski definition) is 2. The van der Waals surface area contributed by atoms with Gasteiger partial charge in [-0.3, -0.25) is 0 Å². The molecular formula is C27H30N2O. The van der Waals surface area contributed by atoms with Gasteiger partial charge in [-0.25, -0.2) is 4.98 Å². The predicted molar refractivity (Wildman–Crippen MR) is 124 cm³/mol. The molecule has 0 aliphatic heterocycles. The molecule has 3 aromatic carbocycles. The van der Waals surface area contributed by atoms with Gasteiger partial charge in [-0.2, -0.15) is 0 Å². The number of aryl methyl sites for hydroxylation is 4. The van der Waals surface area contributed by atoms with Gasteiger partial charge in [0.1, 0.15) is 11.6 Å². The summed E-state index contributed by atoms with van der Waals surface area (Å²) >= 11 is 0. The average molecular weight is 399 g/mol. The Kier molecular flexibility index (Phi) is 6.48. The maximum absolute atomic E-state index is 6.04. The smallest absolute Gasteiger partial charge is 0.122 e. The van der Waals surface area contributed by atoms with Crippen LogP contribution >= 0.6 is 0 Å². The lowest BCUT2D eigenvalue weighted by molar-refractivity contribution is 0.301. The van der Waals surface area contributed by atoms with Crippen molar-refractivity contribution in [2.75, 3.05) is 6.61 Å². The van der Waals surface area contributed by atoms with Gasteiger partial charge < -0.3 is 9.30 Å². The number of fused-ring (bicyclic) bond motifs is 1. The summed E-state index contributed by atoms with van der Waals surface area (Å²) in [5, 5.41) is 0. The van der Waals surface area contributed by atoms with E-state index in [9.17, 15) is 0 Å². The minimum Gasteiger partial charge on any atom is -0.493 e. The van der Waals surface area contributed by atoms with Crippen LogP contribution in [0.5, 0.6) is 5.75 Å². The summed E-state index contributed by atoms with van der Waals surface area (Å²) in [5.74, 6) is 2.18. The Morgan fingerprint density at radius 2 is 1.60 bits per heavy atom. The summed E-state index contributed by atoms with van der Waals surface area (Å²) in [7, 11) is 0. The first kappa shape index (κ1) is 20.2. The molecule has 1 aromatic heterocycles. The van der Waals surface area contributed by atoms with E-state index in [0.29, 0.717) is 0 Å². The second-order valence-electron chi connectivity index (χ2n) is 7.91. The normalized spacial score (nSPS) is 11.1. The van der Waals surface area contributed by atoms with E-state index in [-0.39, 0.29) is 0 Å². The fraction of sp³-hybridized carbons (Fsp3) is 0.296. The van der Waals surface area contributed by atoms with Crippen LogP contribution in [0.3, 0.4) is 0 Å². The zero-order chi connectivity index (χ0) is 20.8. The molecule has 0 bridgehead atoms. The van der Waals surface area contributed by atoms with Crippen LogP contribution in [0.15, 0.2) is 72.8 Å². The van der Waals surface area contributed by atoms with Gasteiger partial charge in [0, 0.05) is 13.0 Å². The fourth-order valence-electron chi connectivity index (χ4n) is 3.90. The third kappa shape index (κ3) is 4.73. The van der Waals surface area contributed by atoms with Crippen molar-refractivity contribution in [2.45, 2.75) is 46.1 Å². The quantitative estimate of drug-likeness (QED) is 0.309. The Morgan fingerprint density at radius 1 is 0.800 bits per heavy atom. The lowest BCUT2D eigenvalue weighted by Gasteiger charge is -2.12. The summed E-state index contributed by atoms with van der Waals surface area (Å²) in [4.78, 5) is 4.93. The summed E-state index contributed by atoms with van der Waals surface area (Å²) in [5.41, 5.74) is 6.20. The van der Waals surface area contributed by atoms with E-state index in [1.807, 2.05) is 0 Å². The van der Waals surface area contributed by atoms with Gasteiger partial charge in [-0.15, -0.1) is 0 Å². The molecule has 0 saturated heterocycles. The number of ether oxygens (including phenoxy) is 1. The highest BCUT2D eigenvalue weighted by atomic mass is 16.5. The van der Waals surface area contributed by atoms with Gasteiger partial charge in [-0.05, 0) is 68.0 Å². The second kappa shape index (κ2) is 9.62. The molecule has 3 heteroatoms. The number of rotatable bonds is 9. The summed E-state index contributed by atoms with van der Waals surface area (Å²) in [6, 6.07) is 25.4. The van der Waals surface area contributed by atoms with E-state index in [1.54, 1.807) is 0 Å². The van der Waals surface area contributed by atoms with E-state index >= 15 is 0 Å². The summed E-state index contributed by atoms with van der Waals surface area (Å²) < 4.78 is 8.43. The van der Waals surface area contributed by atoms with Crippen molar-refractivity contribution >= 4 is 11.0 Å². The van der Waals surface area contributed by atoms with Crippen LogP contribution < -0.4 is 4.74 Å². The standard InChI is InChI=1S/C27H30N2O/c1-21-11-10-16-26(22(21)2)30-20-9-8-19-29-25-15-7-6-14-24(25)28-27(29)18-17-23-12-4-3-5-13-23/h3-7,10-16H,8-9,17-20H2,1-2H3. The molecule has 0 N–H and O–H groups in total. The SMILES string of the molecule is Cc1cccc(OCCCCn2c(CCc3ccccc3)nc3ccccc32)c1C. The Bertz CT molecular complexity index is 1100. The molecular weight excluding hydrogens is 368 g/mol. The molecule has 0 amide bonds. The lowest BCUT2D eigenvalue weighted by Crippen LogP contribution is -2.07. The first-order chi connectivity index (χ1) is 14.7. The first-order valence-corrected chi connectivity index (χ1v) is 10.9. The monoisotopic (exact) mass is 398 g/mol. The molecule has 0 saturated carbocycles. The molecule has 4 rings (SSSR count). The number of aromatic nitrogens is 2. The third-order valence-corrected chi connectivity index (χ3v) is 5.80. The molecule has 0 aliphatic carbocycles. The maximum Gasteiger partial charge on any atom is 0.122 e. The molecule has 0 unspecified atom stereocenters. The van der Waals surface area contributed by atoms with Crippen molar-refractivity contribution in [2.24, 2.45) is 0 Å². The summed E-state index contributed by atoms with van der Waals surface area (Å²) in [6.45, 7) is 5.97. The predicted octanol–water partition coefficient (Wildman–Crippen LogP) is 6.30. The highest BCUT2D eigenvalue weighted by molar-refractivity contribution is 5.75. The van der Waals surface area contributed by atoms with Crippen molar-refractivity contribution < 1.29 is 4.74 Å². The minimum atomic E-state index is 0.746. The zero-order valence-corrected chi connectivity index (χ0v) is 18.0. The number of unbranched alkanes of at least 4 members (excludes halogenated alkanes) is 1. The van der Waals surface area contributed by atoms with Crippen LogP contribution in [0.25, 0.3) is 11.0 Å². The average Bonchev–Trinajstić information content (AvgIpc) is 3.13. The highest BCUT2D eigenvalue weighted by Gasteiger charge is 2.10. The van der Waals surface area contributed by atoms with Crippen LogP contribution in [0.1, 0.15) is 35.4 Å². The van der Waals surface area contributed by atoms with E-state index < -0.39 is 0 Å². The Balaban J connectivity index is 1.38. The number of benzene rings is 3. The van der Waals surface area contributed by atoms with Crippen LogP contribution in [0.4, 0.5) is 0 Å². The number of nitrogens with zero attached hydrogens (tertiary/aromatic N) is 2. The van der Waals surface area contributed by atoms with Gasteiger partial charge in [0.15, 0.2) is 0 Å². The van der Waals surface area contributed by atoms with E-state index in [1.165, 1.54) is 28.0 Å². The Morgan fingerprint density at radius 3 is 2.47 bits per heavy atom. The number of imidazole rings is 1. The number of hydrogen-bond donors (Lipinski definition) is 0. The molecule has 0 spiro atoms. The lowest BCUT2D eigenvalue weighted by atomic mass is 10.1. The first-order valence-electron chi connectivity index (χ1n) is 10.9. The van der Waals surface area contributed by atoms with E-state index in [0.717, 1.165) is 50.1 Å². The van der Waals surface area contributed by atoms with Crippen LogP contribution in [-0.2, 0) is 19.4 Å². The number of para-hydroxylation sites is 2. The highest BCUT2D eigenvalue weighted by Crippen LogP contribution is 2.21. The molecule has 1 heterocycles. The van der Waals surface area contributed by atoms with E-state index in [2.05, 4.69) is 91.2 Å². The van der Waals surface area contributed by atoms with Crippen molar-refractivity contribution in [1.29, 1.82) is 0 Å². The van der Waals surface area contributed by atoms with Gasteiger partial charge in [0.25, 0.3) is 0 Å². The molecule has 3 nitrogen and oxygen atoms in total. The van der Waals surface area contributed by atoms with Gasteiger partial charge in [-0.1, -0.05) is 54.6 Å². The van der Waals surface area contributed by atoms with Gasteiger partial charge in [0.05, 0.1) is 17.6 Å². The second-order valence-corrected chi connectivity index (χ2v) is 7.91. The molecule has 4 aromatic rings. The van der Waals surface area contributed by atoms with Crippen molar-refractivity contribution in [3.05, 3.63) is 95.3 Å². The largest absolute Gasteiger partial charge is 0.493 e. The van der Waals surface area contributed by atoms with Gasteiger partial charge in [0.2, 0.25) is 0 Å². The van der Waals surface area contributed by atoms with Crippen LogP contribution in [0.2, 0.25) is 0 Å². The Hall–Kier alpha value is -3.07. The van der Waals surface area contributed by atoms with E-state index in [4.69, 9.17) is 9.72 Å². The Labute approximate surface area is 179 Å². The molecule has 0 atom stereocenters. The van der Waals surface area contributed by atoms with Crippen molar-refractivity contribution in [3.63, 3.8) is 0 Å².